The number of Topliss-reactive ketones (excluding diaryl/α,β-unsaturated/α-hetero) is 4. The smallest absolute Gasteiger partial charge is 0.306 e. The van der Waals surface area contributed by atoms with Gasteiger partial charge in [-0.1, -0.05) is 82.6 Å². The van der Waals surface area contributed by atoms with E-state index in [9.17, 15) is 33.6 Å². The first-order chi connectivity index (χ1) is 20.1. The molecule has 10 nitrogen and oxygen atoms in total. The number of carbonyl (C=O) groups excluding carboxylic acids is 6. The lowest BCUT2D eigenvalue weighted by atomic mass is 9.90. The number of carboxylic acids is 1. The van der Waals surface area contributed by atoms with E-state index in [0.29, 0.717) is 5.78 Å². The van der Waals surface area contributed by atoms with Gasteiger partial charge in [0.05, 0.1) is 19.4 Å². The topological polar surface area (TPSA) is 161 Å². The Morgan fingerprint density at radius 3 is 1.07 bits per heavy atom. The highest BCUT2D eigenvalue weighted by Gasteiger charge is 2.22. The number of nitrogens with one attached hydrogen (secondary N) is 1. The molecule has 0 saturated carbocycles. The molecule has 0 aliphatic rings. The van der Waals surface area contributed by atoms with Crippen molar-refractivity contribution >= 4 is 41.0 Å². The van der Waals surface area contributed by atoms with Crippen molar-refractivity contribution in [3.63, 3.8) is 0 Å². The standard InChI is InChI=1S/C8H14O2.C7H12O3.C6H11NO3.C6H12O.C5H12.C2H6/c1-5(7(3)9)6(2)8(4)10;1-4(6(3)8)5(2)7(9)10;1-7-5(8)3-4-6(9)10-2;1-4-5(2)6(3)7;1-4-5(2)3;1-2/h5-6H,1-4H3;4-5H,1-3H3,(H,9,10);3-4H2,1-2H3,(H,7,8);5H,4H2,1-3H3;5H,4H2,1-3H3;1-2H3. The number of hydrogen-bond donors (Lipinski definition) is 2. The van der Waals surface area contributed by atoms with Crippen LogP contribution in [0.25, 0.3) is 0 Å². The fourth-order valence-corrected chi connectivity index (χ4v) is 2.00. The molecule has 0 aliphatic heterocycles. The average molecular weight is 634 g/mol. The third kappa shape index (κ3) is 39.1. The molecule has 0 fully saturated rings. The number of rotatable bonds is 12. The lowest BCUT2D eigenvalue weighted by Gasteiger charge is -2.12. The Hall–Kier alpha value is -2.91. The Morgan fingerprint density at radius 2 is 0.932 bits per heavy atom. The minimum atomic E-state index is -0.914. The maximum absolute atomic E-state index is 10.7. The summed E-state index contributed by atoms with van der Waals surface area (Å²) in [5, 5.41) is 10.8. The lowest BCUT2D eigenvalue weighted by molar-refractivity contribution is -0.145. The molecule has 5 atom stereocenters. The molecule has 5 unspecified atom stereocenters. The fourth-order valence-electron chi connectivity index (χ4n) is 2.00. The van der Waals surface area contributed by atoms with Crippen molar-refractivity contribution < 1.29 is 43.4 Å². The van der Waals surface area contributed by atoms with Crippen molar-refractivity contribution in [2.75, 3.05) is 14.2 Å². The van der Waals surface area contributed by atoms with E-state index in [0.717, 1.165) is 12.3 Å². The van der Waals surface area contributed by atoms with Crippen LogP contribution in [-0.2, 0) is 38.3 Å². The van der Waals surface area contributed by atoms with E-state index in [1.165, 1.54) is 48.3 Å². The highest BCUT2D eigenvalue weighted by atomic mass is 16.5. The molecule has 0 rings (SSSR count). The van der Waals surface area contributed by atoms with E-state index in [1.54, 1.807) is 27.7 Å². The zero-order chi connectivity index (χ0) is 36.7. The molecule has 0 aliphatic carbocycles. The van der Waals surface area contributed by atoms with Crippen LogP contribution in [0.3, 0.4) is 0 Å². The minimum Gasteiger partial charge on any atom is -0.481 e. The maximum atomic E-state index is 10.7. The first-order valence-electron chi connectivity index (χ1n) is 15.6. The Balaban J connectivity index is -0.000000103. The van der Waals surface area contributed by atoms with E-state index < -0.39 is 11.9 Å². The first-order valence-corrected chi connectivity index (χ1v) is 15.6. The summed E-state index contributed by atoms with van der Waals surface area (Å²) >= 11 is 0. The summed E-state index contributed by atoms with van der Waals surface area (Å²) in [5.74, 6) is -1.08. The van der Waals surface area contributed by atoms with E-state index >= 15 is 0 Å². The molecule has 44 heavy (non-hydrogen) atoms. The van der Waals surface area contributed by atoms with Gasteiger partial charge in [-0.15, -0.1) is 0 Å². The molecule has 0 saturated heterocycles. The maximum Gasteiger partial charge on any atom is 0.306 e. The lowest BCUT2D eigenvalue weighted by Crippen LogP contribution is -2.23. The molecule has 2 N–H and O–H groups in total. The monoisotopic (exact) mass is 633 g/mol. The predicted molar refractivity (Wildman–Crippen MR) is 178 cm³/mol. The Bertz CT molecular complexity index is 719. The van der Waals surface area contributed by atoms with Crippen LogP contribution in [0, 0.1) is 35.5 Å². The fraction of sp³-hybridized carbons (Fsp3) is 0.794. The van der Waals surface area contributed by atoms with E-state index in [1.807, 2.05) is 27.7 Å². The SMILES string of the molecule is CC.CC(=O)C(C)C(C)C(=O)O.CC(=O)C(C)C(C)C(C)=O.CCC(C)C.CCC(C)C(C)=O.CNC(=O)CCC(=O)OC. The number of methoxy groups -OCH3 is 1. The molecule has 10 heteroatoms. The number of carbonyl (C=O) groups is 7. The second-order valence-electron chi connectivity index (χ2n) is 10.8. The largest absolute Gasteiger partial charge is 0.481 e. The number of hydrogen-bond acceptors (Lipinski definition) is 8. The van der Waals surface area contributed by atoms with Gasteiger partial charge in [0.25, 0.3) is 0 Å². The molecule has 0 spiro atoms. The Labute approximate surface area is 268 Å². The summed E-state index contributed by atoms with van der Waals surface area (Å²) in [6.45, 7) is 27.4. The van der Waals surface area contributed by atoms with Gasteiger partial charge < -0.3 is 15.2 Å². The van der Waals surface area contributed by atoms with Gasteiger partial charge in [0.2, 0.25) is 5.91 Å². The van der Waals surface area contributed by atoms with Crippen LogP contribution in [0.5, 0.6) is 0 Å². The van der Waals surface area contributed by atoms with Crippen molar-refractivity contribution in [2.45, 2.75) is 130 Å². The quantitative estimate of drug-likeness (QED) is 0.221. The van der Waals surface area contributed by atoms with Crippen LogP contribution >= 0.6 is 0 Å². The number of amides is 1. The molecule has 262 valence electrons. The zero-order valence-electron chi connectivity index (χ0n) is 31.0. The molecule has 0 radical (unpaired) electrons. The summed E-state index contributed by atoms with van der Waals surface area (Å²) in [6.07, 6.45) is 2.62. The molecule has 0 aromatic rings. The van der Waals surface area contributed by atoms with Crippen molar-refractivity contribution in [3.8, 4) is 0 Å². The molecule has 0 heterocycles. The van der Waals surface area contributed by atoms with Gasteiger partial charge >= 0.3 is 11.9 Å². The third-order valence-electron chi connectivity index (χ3n) is 7.00. The van der Waals surface area contributed by atoms with Crippen LogP contribution in [-0.4, -0.2) is 60.2 Å². The molecular formula is C34H67NO9. The molecule has 0 aromatic heterocycles. The van der Waals surface area contributed by atoms with Gasteiger partial charge in [-0.25, -0.2) is 0 Å². The summed E-state index contributed by atoms with van der Waals surface area (Å²) in [5.41, 5.74) is 0. The molecule has 0 aromatic carbocycles. The summed E-state index contributed by atoms with van der Waals surface area (Å²) in [7, 11) is 2.83. The van der Waals surface area contributed by atoms with E-state index in [4.69, 9.17) is 5.11 Å². The number of carboxylic acid groups (broad SMARTS) is 1. The highest BCUT2D eigenvalue weighted by molar-refractivity contribution is 5.87. The predicted octanol–water partition coefficient (Wildman–Crippen LogP) is 6.75. The second kappa shape index (κ2) is 34.6. The third-order valence-corrected chi connectivity index (χ3v) is 7.00. The van der Waals surface area contributed by atoms with Gasteiger partial charge in [0.15, 0.2) is 0 Å². The summed E-state index contributed by atoms with van der Waals surface area (Å²) in [6, 6.07) is 0. The van der Waals surface area contributed by atoms with Gasteiger partial charge in [-0.3, -0.25) is 33.6 Å². The zero-order valence-corrected chi connectivity index (χ0v) is 31.0. The van der Waals surface area contributed by atoms with Crippen molar-refractivity contribution in [1.82, 2.24) is 5.32 Å². The normalized spacial score (nSPS) is 12.6. The van der Waals surface area contributed by atoms with E-state index in [2.05, 4.69) is 30.8 Å². The number of aliphatic carboxylic acids is 1. The van der Waals surface area contributed by atoms with Gasteiger partial charge in [0, 0.05) is 37.1 Å². The minimum absolute atomic E-state index is 0.0742. The Morgan fingerprint density at radius 1 is 0.614 bits per heavy atom. The molecular weight excluding hydrogens is 566 g/mol. The number of ketones is 4. The number of ether oxygens (including phenoxy) is 1. The molecule has 1 amide bonds. The van der Waals surface area contributed by atoms with Gasteiger partial charge in [-0.05, 0) is 40.0 Å². The van der Waals surface area contributed by atoms with Crippen LogP contribution in [0.2, 0.25) is 0 Å². The Kier molecular flexibility index (Phi) is 42.2. The average Bonchev–Trinajstić information content (AvgIpc) is 2.99. The summed E-state index contributed by atoms with van der Waals surface area (Å²) < 4.78 is 4.33. The van der Waals surface area contributed by atoms with Crippen LogP contribution in [0.4, 0.5) is 0 Å². The van der Waals surface area contributed by atoms with Crippen molar-refractivity contribution in [1.29, 1.82) is 0 Å². The van der Waals surface area contributed by atoms with Gasteiger partial charge in [0.1, 0.15) is 23.1 Å². The first kappa shape index (κ1) is 53.6. The van der Waals surface area contributed by atoms with Crippen LogP contribution in [0.1, 0.15) is 130 Å². The summed E-state index contributed by atoms with van der Waals surface area (Å²) in [4.78, 5) is 73.7. The molecule has 0 bridgehead atoms. The van der Waals surface area contributed by atoms with Crippen molar-refractivity contribution in [3.05, 3.63) is 0 Å². The van der Waals surface area contributed by atoms with E-state index in [-0.39, 0.29) is 65.7 Å². The van der Waals surface area contributed by atoms with Crippen LogP contribution < -0.4 is 5.32 Å². The highest BCUT2D eigenvalue weighted by Crippen LogP contribution is 2.12. The van der Waals surface area contributed by atoms with Gasteiger partial charge in [-0.2, -0.15) is 0 Å². The second-order valence-corrected chi connectivity index (χ2v) is 10.8. The van der Waals surface area contributed by atoms with Crippen molar-refractivity contribution in [2.24, 2.45) is 35.5 Å². The van der Waals surface area contributed by atoms with Crippen LogP contribution in [0.15, 0.2) is 0 Å². The number of esters is 1.